The summed E-state index contributed by atoms with van der Waals surface area (Å²) >= 11 is 0. The van der Waals surface area contributed by atoms with E-state index in [-0.39, 0.29) is 29.2 Å². The molecule has 2 aliphatic rings. The lowest BCUT2D eigenvalue weighted by Crippen LogP contribution is -2.43. The van der Waals surface area contributed by atoms with E-state index in [2.05, 4.69) is 41.1 Å². The van der Waals surface area contributed by atoms with Gasteiger partial charge in [-0.05, 0) is 43.8 Å². The minimum absolute atomic E-state index is 0.0315. The first-order chi connectivity index (χ1) is 14.3. The van der Waals surface area contributed by atoms with Crippen LogP contribution in [0.5, 0.6) is 0 Å². The lowest BCUT2D eigenvalue weighted by Gasteiger charge is -2.26. The van der Waals surface area contributed by atoms with E-state index in [0.29, 0.717) is 12.5 Å². The second-order valence-electron chi connectivity index (χ2n) is 9.83. The van der Waals surface area contributed by atoms with Crippen molar-refractivity contribution in [3.05, 3.63) is 35.9 Å². The van der Waals surface area contributed by atoms with Crippen LogP contribution in [0, 0.1) is 17.3 Å². The Hall–Kier alpha value is -1.92. The number of carbonyl (C=O) groups excluding carboxylic acids is 2. The second-order valence-corrected chi connectivity index (χ2v) is 9.83. The highest BCUT2D eigenvalue weighted by molar-refractivity contribution is 5.85. The number of rotatable bonds is 9. The Morgan fingerprint density at radius 1 is 1.17 bits per heavy atom. The van der Waals surface area contributed by atoms with E-state index >= 15 is 0 Å². The van der Waals surface area contributed by atoms with E-state index in [1.54, 1.807) is 7.05 Å². The van der Waals surface area contributed by atoms with Gasteiger partial charge in [0.2, 0.25) is 11.8 Å². The minimum atomic E-state index is -0.112. The van der Waals surface area contributed by atoms with E-state index < -0.39 is 0 Å². The van der Waals surface area contributed by atoms with E-state index in [0.717, 1.165) is 44.6 Å². The van der Waals surface area contributed by atoms with Crippen LogP contribution in [0.4, 0.5) is 0 Å². The van der Waals surface area contributed by atoms with Crippen molar-refractivity contribution in [1.82, 2.24) is 20.0 Å². The third-order valence-corrected chi connectivity index (χ3v) is 6.54. The number of carbonyl (C=O) groups is 2. The Morgan fingerprint density at radius 2 is 1.87 bits per heavy atom. The number of likely N-dealkylation sites (N-methyl/N-ethyl adjacent to an activating group) is 2. The summed E-state index contributed by atoms with van der Waals surface area (Å²) in [6.45, 7) is 8.34. The summed E-state index contributed by atoms with van der Waals surface area (Å²) in [7, 11) is 5.79. The number of nitrogens with one attached hydrogen (secondary N) is 1. The van der Waals surface area contributed by atoms with Gasteiger partial charge in [-0.1, -0.05) is 44.2 Å². The number of nitrogens with zero attached hydrogens (tertiary/aromatic N) is 3. The molecule has 0 aromatic heterocycles. The van der Waals surface area contributed by atoms with Gasteiger partial charge in [0.05, 0.1) is 6.04 Å². The molecule has 0 unspecified atom stereocenters. The molecular weight excluding hydrogens is 376 g/mol. The fourth-order valence-corrected chi connectivity index (χ4v) is 4.89. The molecule has 1 heterocycles. The largest absolute Gasteiger partial charge is 0.358 e. The normalized spacial score (nSPS) is 25.8. The maximum Gasteiger partial charge on any atom is 0.237 e. The zero-order valence-electron chi connectivity index (χ0n) is 19.2. The molecule has 30 heavy (non-hydrogen) atoms. The average molecular weight is 415 g/mol. The summed E-state index contributed by atoms with van der Waals surface area (Å²) in [5.41, 5.74) is 1.13. The zero-order valence-corrected chi connectivity index (χ0v) is 19.2. The molecule has 3 rings (SSSR count). The summed E-state index contributed by atoms with van der Waals surface area (Å²) < 4.78 is 0. The Labute approximate surface area is 181 Å². The lowest BCUT2D eigenvalue weighted by atomic mass is 9.98. The Morgan fingerprint density at radius 3 is 2.47 bits per heavy atom. The first-order valence-electron chi connectivity index (χ1n) is 11.2. The van der Waals surface area contributed by atoms with Gasteiger partial charge >= 0.3 is 0 Å². The van der Waals surface area contributed by atoms with Gasteiger partial charge in [-0.15, -0.1) is 0 Å². The molecule has 0 bridgehead atoms. The summed E-state index contributed by atoms with van der Waals surface area (Å²) in [4.78, 5) is 32.5. The molecule has 2 amide bonds. The quantitative estimate of drug-likeness (QED) is 0.672. The minimum Gasteiger partial charge on any atom is -0.358 e. The van der Waals surface area contributed by atoms with Crippen LogP contribution in [0.25, 0.3) is 0 Å². The molecule has 1 aliphatic heterocycles. The monoisotopic (exact) mass is 414 g/mol. The van der Waals surface area contributed by atoms with Gasteiger partial charge in [0.15, 0.2) is 0 Å². The average Bonchev–Trinajstić information content (AvgIpc) is 3.29. The fourth-order valence-electron chi connectivity index (χ4n) is 4.89. The van der Waals surface area contributed by atoms with Crippen molar-refractivity contribution in [3.63, 3.8) is 0 Å². The van der Waals surface area contributed by atoms with Crippen LogP contribution in [0.3, 0.4) is 0 Å². The van der Waals surface area contributed by atoms with Gasteiger partial charge in [-0.3, -0.25) is 14.5 Å². The second kappa shape index (κ2) is 9.48. The summed E-state index contributed by atoms with van der Waals surface area (Å²) in [6.07, 6.45) is 1.70. The third-order valence-electron chi connectivity index (χ3n) is 6.54. The van der Waals surface area contributed by atoms with E-state index in [4.69, 9.17) is 0 Å². The van der Waals surface area contributed by atoms with Crippen molar-refractivity contribution in [1.29, 1.82) is 0 Å². The van der Waals surface area contributed by atoms with Crippen LogP contribution < -0.4 is 5.32 Å². The van der Waals surface area contributed by atoms with Crippen molar-refractivity contribution in [2.45, 2.75) is 39.3 Å². The number of hydrogen-bond donors (Lipinski definition) is 1. The SMILES string of the molecule is CNC(=O)[C@@H]1C[C@@]2(C[C@@H]2C(=O)N(CCN(C)C)Cc2ccccc2)CN1CC(C)C. The molecule has 1 spiro atoms. The molecule has 2 fully saturated rings. The molecule has 1 saturated carbocycles. The van der Waals surface area contributed by atoms with Crippen LogP contribution in [-0.4, -0.2) is 79.9 Å². The Bertz CT molecular complexity index is 736. The first-order valence-corrected chi connectivity index (χ1v) is 11.2. The Balaban J connectivity index is 1.72. The zero-order chi connectivity index (χ0) is 21.9. The van der Waals surface area contributed by atoms with E-state index in [1.807, 2.05) is 37.2 Å². The Kier molecular flexibility index (Phi) is 7.19. The van der Waals surface area contributed by atoms with Crippen molar-refractivity contribution >= 4 is 11.8 Å². The van der Waals surface area contributed by atoms with Gasteiger partial charge in [0.1, 0.15) is 0 Å². The predicted octanol–water partition coefficient (Wildman–Crippen LogP) is 2.06. The topological polar surface area (TPSA) is 55.9 Å². The van der Waals surface area contributed by atoms with Gasteiger partial charge < -0.3 is 15.1 Å². The third kappa shape index (κ3) is 5.22. The molecule has 0 radical (unpaired) electrons. The van der Waals surface area contributed by atoms with Crippen molar-refractivity contribution in [3.8, 4) is 0 Å². The van der Waals surface area contributed by atoms with E-state index in [9.17, 15) is 9.59 Å². The number of amides is 2. The molecule has 1 saturated heterocycles. The summed E-state index contributed by atoms with van der Waals surface area (Å²) in [5, 5.41) is 2.83. The van der Waals surface area contributed by atoms with Crippen LogP contribution in [-0.2, 0) is 16.1 Å². The number of likely N-dealkylation sites (tertiary alicyclic amines) is 1. The maximum absolute atomic E-state index is 13.5. The predicted molar refractivity (Wildman–Crippen MR) is 120 cm³/mol. The van der Waals surface area contributed by atoms with Gasteiger partial charge in [-0.2, -0.15) is 0 Å². The molecule has 1 N–H and O–H groups in total. The van der Waals surface area contributed by atoms with Gasteiger partial charge in [0, 0.05) is 45.7 Å². The standard InChI is InChI=1S/C24H38N4O2/c1-18(2)15-28-17-24(14-21(28)22(29)25-3)13-20(24)23(30)27(12-11-26(4)5)16-19-9-7-6-8-10-19/h6-10,18,20-21H,11-17H2,1-5H3,(H,25,29)/t20-,21+,24+/m1/s1. The molecule has 6 heteroatoms. The van der Waals surface area contributed by atoms with Crippen molar-refractivity contribution < 1.29 is 9.59 Å². The number of hydrogen-bond acceptors (Lipinski definition) is 4. The molecule has 1 aromatic carbocycles. The number of benzene rings is 1. The fraction of sp³-hybridized carbons (Fsp3) is 0.667. The molecule has 6 nitrogen and oxygen atoms in total. The van der Waals surface area contributed by atoms with Gasteiger partial charge in [-0.25, -0.2) is 0 Å². The lowest BCUT2D eigenvalue weighted by molar-refractivity contribution is -0.134. The summed E-state index contributed by atoms with van der Waals surface area (Å²) in [6, 6.07) is 10.1. The smallest absolute Gasteiger partial charge is 0.237 e. The molecule has 166 valence electrons. The van der Waals surface area contributed by atoms with E-state index in [1.165, 1.54) is 0 Å². The first kappa shape index (κ1) is 22.8. The van der Waals surface area contributed by atoms with Crippen LogP contribution in [0.2, 0.25) is 0 Å². The molecule has 1 aliphatic carbocycles. The molecule has 1 aromatic rings. The highest BCUT2D eigenvalue weighted by Crippen LogP contribution is 2.60. The molecule has 3 atom stereocenters. The van der Waals surface area contributed by atoms with Crippen LogP contribution in [0.1, 0.15) is 32.3 Å². The van der Waals surface area contributed by atoms with Crippen molar-refractivity contribution in [2.75, 3.05) is 47.3 Å². The molecular formula is C24H38N4O2. The van der Waals surface area contributed by atoms with Gasteiger partial charge in [0.25, 0.3) is 0 Å². The van der Waals surface area contributed by atoms with Crippen LogP contribution >= 0.6 is 0 Å². The van der Waals surface area contributed by atoms with Crippen molar-refractivity contribution in [2.24, 2.45) is 17.3 Å². The highest BCUT2D eigenvalue weighted by Gasteiger charge is 2.64. The summed E-state index contributed by atoms with van der Waals surface area (Å²) in [5.74, 6) is 0.865. The maximum atomic E-state index is 13.5. The van der Waals surface area contributed by atoms with Crippen LogP contribution in [0.15, 0.2) is 30.3 Å². The highest BCUT2D eigenvalue weighted by atomic mass is 16.2.